The molecule has 0 saturated heterocycles. The van der Waals surface area contributed by atoms with E-state index in [4.69, 9.17) is 12.5 Å². The van der Waals surface area contributed by atoms with Crippen molar-refractivity contribution in [3.8, 4) is 0 Å². The van der Waals surface area contributed by atoms with Crippen LogP contribution in [0.15, 0.2) is 0 Å². The van der Waals surface area contributed by atoms with Crippen LogP contribution in [-0.2, 0) is 44.2 Å². The average molecular weight is 297 g/mol. The molecule has 0 aromatic carbocycles. The number of hydrogen-bond donors (Lipinski definition) is 3. The molecular formula is H9Cr2O8Si2. The Morgan fingerprint density at radius 2 is 1.33 bits per heavy atom. The standard InChI is InChI=1S/2Cr.H3OSi.3H2O.4O.H3Si/c;;1-2;;;;;;;;/h;;2H3;3*1H2;;;;;1H3/q2*+2;-1;;;;;;;;/p-3. The summed E-state index contributed by atoms with van der Waals surface area (Å²) in [6, 6.07) is 0. The maximum absolute atomic E-state index is 9.46. The zero-order valence-electron chi connectivity index (χ0n) is 6.20. The molecule has 77 valence electrons. The van der Waals surface area contributed by atoms with Gasteiger partial charge in [-0.25, -0.2) is 0 Å². The first-order valence-corrected chi connectivity index (χ1v) is 12.0. The van der Waals surface area contributed by atoms with Crippen LogP contribution in [0.25, 0.3) is 0 Å². The first kappa shape index (κ1) is 15.0. The van der Waals surface area contributed by atoms with Gasteiger partial charge in [-0.1, -0.05) is 0 Å². The van der Waals surface area contributed by atoms with E-state index in [2.05, 4.69) is 3.48 Å². The first-order chi connectivity index (χ1) is 4.80. The van der Waals surface area contributed by atoms with Gasteiger partial charge in [0.15, 0.2) is 0 Å². The molecule has 0 heterocycles. The fourth-order valence-corrected chi connectivity index (χ4v) is 0. The SMILES string of the molecule is [O]=[Cr](=[O])([OH])([OH])[SiH3].[O]=[Cr](=[O])([OH])[O][SiH3]. The van der Waals surface area contributed by atoms with Crippen LogP contribution in [0.5, 0.6) is 0 Å². The van der Waals surface area contributed by atoms with Crippen LogP contribution in [0.3, 0.4) is 0 Å². The topological polar surface area (TPSA) is 138 Å². The third-order valence-corrected chi connectivity index (χ3v) is 2.61. The molecule has 3 N–H and O–H groups in total. The van der Waals surface area contributed by atoms with Gasteiger partial charge in [-0.3, -0.25) is 0 Å². The van der Waals surface area contributed by atoms with Gasteiger partial charge in [-0.05, 0) is 0 Å². The molecule has 0 aliphatic carbocycles. The van der Waals surface area contributed by atoms with E-state index in [1.165, 1.54) is 0 Å². The zero-order valence-corrected chi connectivity index (χ0v) is 12.7. The summed E-state index contributed by atoms with van der Waals surface area (Å²) in [5, 5.41) is 0. The zero-order chi connectivity index (χ0) is 10.7. The van der Waals surface area contributed by atoms with Crippen LogP contribution in [0.1, 0.15) is 0 Å². The maximum atomic E-state index is 9.46. The van der Waals surface area contributed by atoms with Crippen LogP contribution in [0.2, 0.25) is 0 Å². The molecule has 0 aromatic heterocycles. The van der Waals surface area contributed by atoms with Crippen LogP contribution in [-0.4, -0.2) is 31.8 Å². The summed E-state index contributed by atoms with van der Waals surface area (Å²) in [6.45, 7) is 0. The normalized spacial score (nSPS) is 15.8. The van der Waals surface area contributed by atoms with Gasteiger partial charge in [0.25, 0.3) is 0 Å². The Balaban J connectivity index is 0. The van der Waals surface area contributed by atoms with E-state index in [1.54, 1.807) is 0 Å². The van der Waals surface area contributed by atoms with Gasteiger partial charge in [-0.2, -0.15) is 0 Å². The molecular weight excluding hydrogens is 288 g/mol. The Morgan fingerprint density at radius 1 is 1.25 bits per heavy atom. The van der Waals surface area contributed by atoms with E-state index in [1.807, 2.05) is 0 Å². The molecule has 0 saturated carbocycles. The summed E-state index contributed by atoms with van der Waals surface area (Å²) in [6.07, 6.45) is 0. The third-order valence-electron chi connectivity index (χ3n) is 0.211. The second-order valence-corrected chi connectivity index (χ2v) is 14.3. The van der Waals surface area contributed by atoms with Crippen molar-refractivity contribution in [2.24, 2.45) is 0 Å². The summed E-state index contributed by atoms with van der Waals surface area (Å²) >= 11 is -10.5. The molecule has 0 fully saturated rings. The van der Waals surface area contributed by atoms with Crippen molar-refractivity contribution in [3.63, 3.8) is 0 Å². The Labute approximate surface area is 76.0 Å². The molecule has 0 radical (unpaired) electrons. The summed E-state index contributed by atoms with van der Waals surface area (Å²) < 4.78 is 64.5. The van der Waals surface area contributed by atoms with E-state index < -0.39 is 34.3 Å². The fraction of sp³-hybridized carbons (Fsp3) is 0. The van der Waals surface area contributed by atoms with Crippen LogP contribution >= 0.6 is 0 Å². The second kappa shape index (κ2) is 4.17. The fourth-order valence-electron chi connectivity index (χ4n) is 0. The van der Waals surface area contributed by atoms with Gasteiger partial charge < -0.3 is 0 Å². The predicted molar refractivity (Wildman–Crippen MR) is 30.4 cm³/mol. The molecule has 0 rings (SSSR count). The van der Waals surface area contributed by atoms with Crippen LogP contribution in [0.4, 0.5) is 0 Å². The molecule has 0 spiro atoms. The Kier molecular flexibility index (Phi) is 5.22. The molecule has 8 nitrogen and oxygen atoms in total. The van der Waals surface area contributed by atoms with Crippen molar-refractivity contribution in [3.05, 3.63) is 0 Å². The molecule has 12 heteroatoms. The Hall–Kier alpha value is 0.539. The van der Waals surface area contributed by atoms with Gasteiger partial charge in [0, 0.05) is 0 Å². The molecule has 0 bridgehead atoms. The van der Waals surface area contributed by atoms with Crippen molar-refractivity contribution in [2.45, 2.75) is 0 Å². The van der Waals surface area contributed by atoms with Gasteiger partial charge in [0.2, 0.25) is 0 Å². The third kappa shape index (κ3) is 76.6. The van der Waals surface area contributed by atoms with E-state index in [0.717, 1.165) is 0 Å². The van der Waals surface area contributed by atoms with Crippen molar-refractivity contribution >= 4 is 19.3 Å². The first-order valence-electron chi connectivity index (χ1n) is 2.20. The van der Waals surface area contributed by atoms with Crippen molar-refractivity contribution < 1.29 is 56.7 Å². The summed E-state index contributed by atoms with van der Waals surface area (Å²) in [7, 11) is -0.524. The molecule has 0 atom stereocenters. The van der Waals surface area contributed by atoms with Gasteiger partial charge in [-0.15, -0.1) is 0 Å². The molecule has 0 amide bonds. The van der Waals surface area contributed by atoms with Crippen molar-refractivity contribution in [1.82, 2.24) is 0 Å². The van der Waals surface area contributed by atoms with Crippen molar-refractivity contribution in [1.29, 1.82) is 0 Å². The second-order valence-electron chi connectivity index (χ2n) is 1.74. The predicted octanol–water partition coefficient (Wildman–Crippen LogP) is -4.59. The van der Waals surface area contributed by atoms with Crippen LogP contribution in [0, 0.1) is 0 Å². The van der Waals surface area contributed by atoms with E-state index in [9.17, 15) is 15.2 Å². The minimum absolute atomic E-state index is 0.0424. The summed E-state index contributed by atoms with van der Waals surface area (Å²) in [5.74, 6) is 0. The Morgan fingerprint density at radius 3 is 1.33 bits per heavy atom. The van der Waals surface area contributed by atoms with Crippen LogP contribution < -0.4 is 0 Å². The monoisotopic (exact) mass is 297 g/mol. The summed E-state index contributed by atoms with van der Waals surface area (Å²) in [5.41, 5.74) is 0. The molecule has 0 aliphatic heterocycles. The van der Waals surface area contributed by atoms with Gasteiger partial charge in [0.05, 0.1) is 0 Å². The molecule has 0 aromatic rings. The van der Waals surface area contributed by atoms with Gasteiger partial charge in [0.1, 0.15) is 0 Å². The van der Waals surface area contributed by atoms with E-state index >= 15 is 0 Å². The molecule has 0 aliphatic rings. The average Bonchev–Trinajstić information content (AvgIpc) is 1.56. The van der Waals surface area contributed by atoms with Crippen molar-refractivity contribution in [2.75, 3.05) is 0 Å². The Bertz CT molecular complexity index is 317. The number of hydrogen-bond acceptors (Lipinski definition) is 5. The van der Waals surface area contributed by atoms with E-state index in [0.29, 0.717) is 0 Å². The van der Waals surface area contributed by atoms with E-state index in [-0.39, 0.29) is 10.5 Å². The quantitative estimate of drug-likeness (QED) is 0.411. The number of rotatable bonds is 1. The molecule has 12 heavy (non-hydrogen) atoms. The minimum atomic E-state index is -5.74. The van der Waals surface area contributed by atoms with Gasteiger partial charge >= 0.3 is 76.0 Å². The summed E-state index contributed by atoms with van der Waals surface area (Å²) in [4.78, 5) is 0. The molecule has 0 unspecified atom stereocenters.